The first kappa shape index (κ1) is 22.3. The molecule has 2 saturated carbocycles. The molecule has 2 aliphatic rings. The van der Waals surface area contributed by atoms with E-state index in [4.69, 9.17) is 18.2 Å². The van der Waals surface area contributed by atoms with Gasteiger partial charge in [-0.25, -0.2) is 0 Å². The number of carbonyl (C=O) groups excluding carboxylic acids is 2. The van der Waals surface area contributed by atoms with Crippen LogP contribution in [0.1, 0.15) is 52.9 Å². The number of nitrogens with one attached hydrogen (secondary N) is 1. The van der Waals surface area contributed by atoms with E-state index in [2.05, 4.69) is 5.32 Å². The number of esters is 1. The van der Waals surface area contributed by atoms with Gasteiger partial charge in [-0.1, -0.05) is 20.8 Å². The van der Waals surface area contributed by atoms with Crippen molar-refractivity contribution in [2.24, 2.45) is 17.3 Å². The van der Waals surface area contributed by atoms with Crippen molar-refractivity contribution in [2.45, 2.75) is 65.1 Å². The van der Waals surface area contributed by atoms with Crippen LogP contribution in [0.5, 0.6) is 0 Å². The Hall–Kier alpha value is -1.03. The molecular weight excluding hydrogens is 374 g/mol. The molecule has 1 amide bonds. The Morgan fingerprint density at radius 1 is 1.19 bits per heavy atom. The Morgan fingerprint density at radius 2 is 1.85 bits per heavy atom. The van der Waals surface area contributed by atoms with Crippen molar-refractivity contribution >= 4 is 23.2 Å². The summed E-state index contributed by atoms with van der Waals surface area (Å²) in [6.07, 6.45) is 3.13. The van der Waals surface area contributed by atoms with Gasteiger partial charge in [0.05, 0.1) is 25.7 Å². The maximum atomic E-state index is 11.9. The fraction of sp³-hybridized carbons (Fsp3) is 0.889. The van der Waals surface area contributed by atoms with E-state index >= 15 is 0 Å². The molecule has 9 heteroatoms. The molecule has 2 N–H and O–H groups in total. The van der Waals surface area contributed by atoms with Gasteiger partial charge in [0.2, 0.25) is 5.91 Å². The second-order valence-corrected chi connectivity index (χ2v) is 8.54. The quantitative estimate of drug-likeness (QED) is 0.306. The number of hydrogen-bond donors (Lipinski definition) is 2. The lowest BCUT2D eigenvalue weighted by Gasteiger charge is -2.29. The van der Waals surface area contributed by atoms with Crippen LogP contribution in [0.15, 0.2) is 0 Å². The van der Waals surface area contributed by atoms with Crippen molar-refractivity contribution in [2.75, 3.05) is 19.8 Å². The number of rotatable bonds is 11. The van der Waals surface area contributed by atoms with E-state index in [1.807, 2.05) is 20.8 Å². The van der Waals surface area contributed by atoms with Crippen molar-refractivity contribution in [1.82, 2.24) is 5.32 Å². The van der Waals surface area contributed by atoms with Crippen LogP contribution in [-0.4, -0.2) is 52.6 Å². The summed E-state index contributed by atoms with van der Waals surface area (Å²) in [5.41, 5.74) is -0.435. The first-order valence-electron chi connectivity index (χ1n) is 9.58. The molecule has 0 aromatic heterocycles. The second kappa shape index (κ2) is 9.95. The van der Waals surface area contributed by atoms with Gasteiger partial charge >= 0.3 is 17.3 Å². The fourth-order valence-electron chi connectivity index (χ4n) is 3.73. The van der Waals surface area contributed by atoms with E-state index < -0.39 is 22.7 Å². The highest BCUT2D eigenvalue weighted by Crippen LogP contribution is 2.47. The lowest BCUT2D eigenvalue weighted by atomic mass is 9.89. The summed E-state index contributed by atoms with van der Waals surface area (Å²) in [7, 11) is 0. The number of hydrogen-bond acceptors (Lipinski definition) is 6. The molecule has 0 aromatic rings. The van der Waals surface area contributed by atoms with Gasteiger partial charge in [0, 0.05) is 5.41 Å². The molecule has 2 aliphatic carbocycles. The van der Waals surface area contributed by atoms with E-state index in [-0.39, 0.29) is 50.2 Å². The predicted molar refractivity (Wildman–Crippen MR) is 98.9 cm³/mol. The van der Waals surface area contributed by atoms with E-state index in [0.29, 0.717) is 5.92 Å². The molecule has 0 heterocycles. The summed E-state index contributed by atoms with van der Waals surface area (Å²) in [6, 6.07) is 0. The Balaban J connectivity index is 1.62. The first-order chi connectivity index (χ1) is 12.7. The normalized spacial score (nSPS) is 28.1. The van der Waals surface area contributed by atoms with Crippen molar-refractivity contribution in [3.8, 4) is 0 Å². The topological polar surface area (TPSA) is 111 Å². The van der Waals surface area contributed by atoms with E-state index in [0.717, 1.165) is 25.7 Å². The molecule has 2 bridgehead atoms. The maximum Gasteiger partial charge on any atom is 0.308 e. The van der Waals surface area contributed by atoms with Gasteiger partial charge in [-0.3, -0.25) is 18.3 Å². The number of amides is 1. The van der Waals surface area contributed by atoms with Crippen LogP contribution in [0, 0.1) is 17.3 Å². The summed E-state index contributed by atoms with van der Waals surface area (Å²) < 4.78 is 35.9. The zero-order valence-corrected chi connectivity index (χ0v) is 17.1. The molecular formula is C18H31NO7S. The van der Waals surface area contributed by atoms with E-state index in [1.165, 1.54) is 0 Å². The van der Waals surface area contributed by atoms with Gasteiger partial charge in [0.1, 0.15) is 12.7 Å². The summed E-state index contributed by atoms with van der Waals surface area (Å²) in [6.45, 7) is 6.26. The molecule has 5 unspecified atom stereocenters. The predicted octanol–water partition coefficient (Wildman–Crippen LogP) is 1.81. The van der Waals surface area contributed by atoms with Crippen LogP contribution in [0.3, 0.4) is 0 Å². The molecule has 156 valence electrons. The smallest absolute Gasteiger partial charge is 0.308 e. The highest BCUT2D eigenvalue weighted by molar-refractivity contribution is 7.74. The molecule has 0 aromatic carbocycles. The minimum absolute atomic E-state index is 0.0621. The third-order valence-electron chi connectivity index (χ3n) is 5.73. The van der Waals surface area contributed by atoms with Crippen molar-refractivity contribution < 1.29 is 32.0 Å². The SMILES string of the molecule is CCC(C)(C)C(=O)NCCOC(=O)CCOC1C2CCC(C2)C1OS(=O)O. The Morgan fingerprint density at radius 3 is 2.48 bits per heavy atom. The zero-order valence-electron chi connectivity index (χ0n) is 16.3. The number of carbonyl (C=O) groups is 2. The van der Waals surface area contributed by atoms with Crippen LogP contribution in [-0.2, 0) is 34.6 Å². The molecule has 5 atom stereocenters. The maximum absolute atomic E-state index is 11.9. The van der Waals surface area contributed by atoms with Gasteiger partial charge < -0.3 is 14.8 Å². The second-order valence-electron chi connectivity index (χ2n) is 7.91. The highest BCUT2D eigenvalue weighted by Gasteiger charge is 2.50. The summed E-state index contributed by atoms with van der Waals surface area (Å²) in [5, 5.41) is 2.76. The van der Waals surface area contributed by atoms with Crippen LogP contribution in [0.4, 0.5) is 0 Å². The molecule has 8 nitrogen and oxygen atoms in total. The van der Waals surface area contributed by atoms with E-state index in [1.54, 1.807) is 0 Å². The van der Waals surface area contributed by atoms with Gasteiger partial charge in [0.25, 0.3) is 0 Å². The van der Waals surface area contributed by atoms with Crippen LogP contribution < -0.4 is 5.32 Å². The number of ether oxygens (including phenoxy) is 2. The first-order valence-corrected chi connectivity index (χ1v) is 10.6. The average molecular weight is 406 g/mol. The van der Waals surface area contributed by atoms with Gasteiger partial charge in [-0.15, -0.1) is 0 Å². The minimum atomic E-state index is -2.32. The Kier molecular flexibility index (Phi) is 8.20. The Bertz CT molecular complexity index is 554. The molecule has 0 spiro atoms. The third kappa shape index (κ3) is 6.23. The largest absolute Gasteiger partial charge is 0.464 e. The summed E-state index contributed by atoms with van der Waals surface area (Å²) in [5.74, 6) is 0.106. The molecule has 0 radical (unpaired) electrons. The van der Waals surface area contributed by atoms with E-state index in [9.17, 15) is 13.8 Å². The van der Waals surface area contributed by atoms with Crippen LogP contribution in [0.2, 0.25) is 0 Å². The van der Waals surface area contributed by atoms with Gasteiger partial charge in [0.15, 0.2) is 0 Å². The lowest BCUT2D eigenvalue weighted by molar-refractivity contribution is -0.147. The monoisotopic (exact) mass is 405 g/mol. The Labute approximate surface area is 163 Å². The van der Waals surface area contributed by atoms with Crippen LogP contribution >= 0.6 is 0 Å². The van der Waals surface area contributed by atoms with Crippen molar-refractivity contribution in [1.29, 1.82) is 0 Å². The molecule has 27 heavy (non-hydrogen) atoms. The molecule has 2 fully saturated rings. The molecule has 2 rings (SSSR count). The van der Waals surface area contributed by atoms with Crippen molar-refractivity contribution in [3.63, 3.8) is 0 Å². The van der Waals surface area contributed by atoms with Gasteiger partial charge in [-0.05, 0) is 37.5 Å². The lowest BCUT2D eigenvalue weighted by Crippen LogP contribution is -2.38. The highest BCUT2D eigenvalue weighted by atomic mass is 32.2. The minimum Gasteiger partial charge on any atom is -0.464 e. The third-order valence-corrected chi connectivity index (χ3v) is 6.11. The average Bonchev–Trinajstić information content (AvgIpc) is 3.20. The number of fused-ring (bicyclic) bond motifs is 2. The fourth-order valence-corrected chi connectivity index (χ4v) is 4.18. The van der Waals surface area contributed by atoms with Crippen LogP contribution in [0.25, 0.3) is 0 Å². The zero-order chi connectivity index (χ0) is 20.0. The standard InChI is InChI=1S/C18H31NO7S/c1-4-18(2,3)17(21)19-8-10-24-14(20)7-9-25-15-12-5-6-13(11-12)16(15)26-27(22)23/h12-13,15-16H,4-11H2,1-3H3,(H,19,21)(H,22,23). The molecule has 0 saturated heterocycles. The summed E-state index contributed by atoms with van der Waals surface area (Å²) >= 11 is -2.32. The summed E-state index contributed by atoms with van der Waals surface area (Å²) in [4.78, 5) is 23.7. The molecule has 0 aliphatic heterocycles. The van der Waals surface area contributed by atoms with Crippen molar-refractivity contribution in [3.05, 3.63) is 0 Å². The van der Waals surface area contributed by atoms with Gasteiger partial charge in [-0.2, -0.15) is 4.21 Å².